The van der Waals surface area contributed by atoms with Crippen LogP contribution in [0.2, 0.25) is 0 Å². The second-order valence-corrected chi connectivity index (χ2v) is 9.49. The molecule has 2 aromatic rings. The molecule has 1 aliphatic carbocycles. The highest BCUT2D eigenvalue weighted by atomic mass is 16.5. The summed E-state index contributed by atoms with van der Waals surface area (Å²) in [6.07, 6.45) is 4.22. The van der Waals surface area contributed by atoms with E-state index in [1.807, 2.05) is 49.9 Å². The minimum absolute atomic E-state index is 0.0688. The number of benzene rings is 2. The molecule has 2 aliphatic rings. The number of hydrogen-bond acceptors (Lipinski definition) is 6. The van der Waals surface area contributed by atoms with Crippen molar-refractivity contribution in [3.63, 3.8) is 0 Å². The van der Waals surface area contributed by atoms with E-state index in [0.29, 0.717) is 55.6 Å². The largest absolute Gasteiger partial charge is 0.496 e. The van der Waals surface area contributed by atoms with Crippen LogP contribution in [0, 0.1) is 5.92 Å². The Morgan fingerprint density at radius 1 is 0.972 bits per heavy atom. The molecule has 0 bridgehead atoms. The van der Waals surface area contributed by atoms with Gasteiger partial charge in [0.1, 0.15) is 5.75 Å². The number of hydrogen-bond donors (Lipinski definition) is 1. The van der Waals surface area contributed by atoms with Crippen molar-refractivity contribution >= 4 is 5.91 Å². The van der Waals surface area contributed by atoms with Crippen LogP contribution in [0.25, 0.3) is 0 Å². The zero-order valence-electron chi connectivity index (χ0n) is 21.9. The number of piperidine rings is 1. The van der Waals surface area contributed by atoms with Gasteiger partial charge in [0.15, 0.2) is 11.5 Å². The first-order chi connectivity index (χ1) is 17.5. The van der Waals surface area contributed by atoms with E-state index in [9.17, 15) is 9.90 Å². The second kappa shape index (κ2) is 11.4. The quantitative estimate of drug-likeness (QED) is 0.500. The zero-order valence-corrected chi connectivity index (χ0v) is 21.9. The average molecular weight is 498 g/mol. The van der Waals surface area contributed by atoms with Gasteiger partial charge < -0.3 is 29.0 Å². The fourth-order valence-electron chi connectivity index (χ4n) is 5.88. The Kier molecular flexibility index (Phi) is 8.29. The molecule has 2 fully saturated rings. The molecule has 7 heteroatoms. The third-order valence-electron chi connectivity index (χ3n) is 7.44. The van der Waals surface area contributed by atoms with Crippen molar-refractivity contribution in [2.45, 2.75) is 64.5 Å². The van der Waals surface area contributed by atoms with Gasteiger partial charge in [0, 0.05) is 23.6 Å². The smallest absolute Gasteiger partial charge is 0.254 e. The minimum atomic E-state index is -0.785. The third-order valence-corrected chi connectivity index (χ3v) is 7.44. The standard InChI is InChI=1S/C29H39NO6/c1-5-34-24-18-20(19-25(35-6-2)27(24)36-7-3)28(31)30-17-16-29(32)15-11-10-13-22(29)26(30)21-12-8-9-14-23(21)33-4/h8-9,12,14,18-19,22,26,32H,5-7,10-11,13,15-17H2,1-4H3/t22-,26-,29-/m0/s1. The van der Waals surface area contributed by atoms with Crippen LogP contribution >= 0.6 is 0 Å². The number of carbonyl (C=O) groups excluding carboxylic acids is 1. The molecule has 1 aliphatic heterocycles. The number of methoxy groups -OCH3 is 1. The van der Waals surface area contributed by atoms with E-state index >= 15 is 0 Å². The van der Waals surface area contributed by atoms with Gasteiger partial charge in [-0.1, -0.05) is 31.0 Å². The summed E-state index contributed by atoms with van der Waals surface area (Å²) < 4.78 is 23.3. The lowest BCUT2D eigenvalue weighted by atomic mass is 9.66. The van der Waals surface area contributed by atoms with Crippen molar-refractivity contribution in [3.8, 4) is 23.0 Å². The maximum Gasteiger partial charge on any atom is 0.254 e. The summed E-state index contributed by atoms with van der Waals surface area (Å²) in [7, 11) is 1.65. The van der Waals surface area contributed by atoms with Crippen molar-refractivity contribution in [1.29, 1.82) is 0 Å². The van der Waals surface area contributed by atoms with Crippen molar-refractivity contribution in [2.24, 2.45) is 5.92 Å². The molecule has 3 atom stereocenters. The highest BCUT2D eigenvalue weighted by molar-refractivity contribution is 5.96. The van der Waals surface area contributed by atoms with Crippen LogP contribution in [0.3, 0.4) is 0 Å². The first kappa shape index (κ1) is 26.1. The monoisotopic (exact) mass is 497 g/mol. The van der Waals surface area contributed by atoms with Crippen LogP contribution in [0.5, 0.6) is 23.0 Å². The normalized spacial score (nSPS) is 23.5. The number of aliphatic hydroxyl groups is 1. The van der Waals surface area contributed by atoms with E-state index in [4.69, 9.17) is 18.9 Å². The van der Waals surface area contributed by atoms with Crippen molar-refractivity contribution < 1.29 is 28.8 Å². The molecule has 1 heterocycles. The molecular formula is C29H39NO6. The van der Waals surface area contributed by atoms with E-state index in [1.54, 1.807) is 19.2 Å². The zero-order chi connectivity index (χ0) is 25.7. The molecule has 1 N–H and O–H groups in total. The lowest BCUT2D eigenvalue weighted by Crippen LogP contribution is -2.56. The number of rotatable bonds is 9. The molecule has 7 nitrogen and oxygen atoms in total. The average Bonchev–Trinajstić information content (AvgIpc) is 2.89. The Hall–Kier alpha value is -2.93. The van der Waals surface area contributed by atoms with Crippen LogP contribution in [0.15, 0.2) is 36.4 Å². The molecule has 2 aromatic carbocycles. The first-order valence-corrected chi connectivity index (χ1v) is 13.2. The van der Waals surface area contributed by atoms with Crippen LogP contribution in [0.4, 0.5) is 0 Å². The molecular weight excluding hydrogens is 458 g/mol. The van der Waals surface area contributed by atoms with E-state index < -0.39 is 5.60 Å². The molecule has 0 unspecified atom stereocenters. The summed E-state index contributed by atoms with van der Waals surface area (Å²) in [6, 6.07) is 11.0. The fourth-order valence-corrected chi connectivity index (χ4v) is 5.88. The second-order valence-electron chi connectivity index (χ2n) is 9.49. The number of ether oxygens (including phenoxy) is 4. The molecule has 196 valence electrons. The van der Waals surface area contributed by atoms with Gasteiger partial charge in [0.25, 0.3) is 5.91 Å². The van der Waals surface area contributed by atoms with Gasteiger partial charge in [-0.25, -0.2) is 0 Å². The van der Waals surface area contributed by atoms with Crippen molar-refractivity contribution in [1.82, 2.24) is 4.90 Å². The van der Waals surface area contributed by atoms with Gasteiger partial charge in [-0.2, -0.15) is 0 Å². The van der Waals surface area contributed by atoms with E-state index in [0.717, 1.165) is 37.0 Å². The summed E-state index contributed by atoms with van der Waals surface area (Å²) in [5.74, 6) is 2.04. The number of nitrogens with zero attached hydrogens (tertiary/aromatic N) is 1. The highest BCUT2D eigenvalue weighted by Gasteiger charge is 2.51. The lowest BCUT2D eigenvalue weighted by molar-refractivity contribution is -0.115. The van der Waals surface area contributed by atoms with Crippen LogP contribution in [-0.4, -0.2) is 55.0 Å². The summed E-state index contributed by atoms with van der Waals surface area (Å²) in [4.78, 5) is 16.1. The van der Waals surface area contributed by atoms with Crippen LogP contribution in [-0.2, 0) is 0 Å². The number of amides is 1. The van der Waals surface area contributed by atoms with Gasteiger partial charge in [-0.15, -0.1) is 0 Å². The van der Waals surface area contributed by atoms with Crippen molar-refractivity contribution in [3.05, 3.63) is 47.5 Å². The number of carbonyl (C=O) groups is 1. The fraction of sp³-hybridized carbons (Fsp3) is 0.552. The summed E-state index contributed by atoms with van der Waals surface area (Å²) in [6.45, 7) is 7.48. The van der Waals surface area contributed by atoms with E-state index in [1.165, 1.54) is 0 Å². The molecule has 4 rings (SSSR count). The summed E-state index contributed by atoms with van der Waals surface area (Å²) in [5, 5.41) is 11.6. The molecule has 1 amide bonds. The van der Waals surface area contributed by atoms with E-state index in [-0.39, 0.29) is 17.9 Å². The number of fused-ring (bicyclic) bond motifs is 1. The molecule has 0 spiro atoms. The van der Waals surface area contributed by atoms with Gasteiger partial charge in [0.2, 0.25) is 5.75 Å². The lowest BCUT2D eigenvalue weighted by Gasteiger charge is -2.52. The maximum absolute atomic E-state index is 14.2. The first-order valence-electron chi connectivity index (χ1n) is 13.2. The van der Waals surface area contributed by atoms with Gasteiger partial charge in [-0.05, 0) is 58.2 Å². The Labute approximate surface area is 214 Å². The van der Waals surface area contributed by atoms with E-state index in [2.05, 4.69) is 0 Å². The van der Waals surface area contributed by atoms with Gasteiger partial charge >= 0.3 is 0 Å². The minimum Gasteiger partial charge on any atom is -0.496 e. The summed E-state index contributed by atoms with van der Waals surface area (Å²) >= 11 is 0. The van der Waals surface area contributed by atoms with Crippen LogP contribution < -0.4 is 18.9 Å². The Morgan fingerprint density at radius 2 is 1.64 bits per heavy atom. The molecule has 0 radical (unpaired) electrons. The predicted octanol–water partition coefficient (Wildman–Crippen LogP) is 5.40. The summed E-state index contributed by atoms with van der Waals surface area (Å²) in [5.41, 5.74) is 0.623. The third kappa shape index (κ3) is 4.99. The van der Waals surface area contributed by atoms with Gasteiger partial charge in [-0.3, -0.25) is 4.79 Å². The Morgan fingerprint density at radius 3 is 2.28 bits per heavy atom. The molecule has 1 saturated carbocycles. The maximum atomic E-state index is 14.2. The number of likely N-dealkylation sites (tertiary alicyclic amines) is 1. The van der Waals surface area contributed by atoms with Gasteiger partial charge in [0.05, 0.1) is 38.6 Å². The topological polar surface area (TPSA) is 77.5 Å². The molecule has 1 saturated heterocycles. The molecule has 0 aromatic heterocycles. The Bertz CT molecular complexity index is 1030. The number of para-hydroxylation sites is 1. The highest BCUT2D eigenvalue weighted by Crippen LogP contribution is 2.51. The van der Waals surface area contributed by atoms with Crippen molar-refractivity contribution in [2.75, 3.05) is 33.5 Å². The Balaban J connectivity index is 1.80. The molecule has 36 heavy (non-hydrogen) atoms. The predicted molar refractivity (Wildman–Crippen MR) is 138 cm³/mol. The SMILES string of the molecule is CCOc1cc(C(=O)N2CC[C@@]3(O)CCCC[C@H]3[C@@H]2c2ccccc2OC)cc(OCC)c1OCC. The van der Waals surface area contributed by atoms with Crippen LogP contribution in [0.1, 0.15) is 74.8 Å².